The third kappa shape index (κ3) is 6.98. The van der Waals surface area contributed by atoms with Crippen molar-refractivity contribution in [1.29, 1.82) is 0 Å². The van der Waals surface area contributed by atoms with E-state index in [9.17, 15) is 22.8 Å². The van der Waals surface area contributed by atoms with E-state index in [-0.39, 0.29) is 31.8 Å². The molecular formula is C23H26F3NO4PS+. The Morgan fingerprint density at radius 3 is 2.64 bits per heavy atom. The molecule has 1 heterocycles. The van der Waals surface area contributed by atoms with Crippen LogP contribution in [0.1, 0.15) is 29.5 Å². The van der Waals surface area contributed by atoms with Gasteiger partial charge in [-0.15, -0.1) is 15.9 Å². The Bertz CT molecular complexity index is 1080. The maximum absolute atomic E-state index is 13.6. The van der Waals surface area contributed by atoms with Gasteiger partial charge in [0.2, 0.25) is 0 Å². The van der Waals surface area contributed by atoms with Gasteiger partial charge in [-0.05, 0) is 70.3 Å². The van der Waals surface area contributed by atoms with E-state index in [2.05, 4.69) is 5.38 Å². The zero-order valence-corrected chi connectivity index (χ0v) is 19.7. The predicted octanol–water partition coefficient (Wildman–Crippen LogP) is 5.51. The molecule has 0 aliphatic heterocycles. The molecule has 178 valence electrons. The van der Waals surface area contributed by atoms with Gasteiger partial charge >= 0.3 is 14.9 Å². The fraction of sp³-hybridized carbons (Fsp3) is 0.391. The van der Waals surface area contributed by atoms with Crippen LogP contribution in [0.4, 0.5) is 13.2 Å². The van der Waals surface area contributed by atoms with E-state index in [0.29, 0.717) is 12.0 Å². The highest BCUT2D eigenvalue weighted by Crippen LogP contribution is 2.37. The molecule has 33 heavy (non-hydrogen) atoms. The molecule has 2 unspecified atom stereocenters. The molecular weight excluding hydrogens is 474 g/mol. The van der Waals surface area contributed by atoms with Crippen LogP contribution in [0.2, 0.25) is 0 Å². The Morgan fingerprint density at radius 1 is 1.12 bits per heavy atom. The average molecular weight is 500 g/mol. The zero-order valence-electron chi connectivity index (χ0n) is 17.9. The lowest BCUT2D eigenvalue weighted by atomic mass is 9.93. The molecule has 3 N–H and O–H groups in total. The summed E-state index contributed by atoms with van der Waals surface area (Å²) < 4.78 is 62.9. The number of aliphatic hydroxyl groups excluding tert-OH is 1. The molecule has 3 rings (SSSR count). The molecule has 5 nitrogen and oxygen atoms in total. The molecule has 10 heteroatoms. The number of ether oxygens (including phenoxy) is 1. The molecule has 0 saturated heterocycles. The Balaban J connectivity index is 1.62. The first kappa shape index (κ1) is 25.6. The smallest absolute Gasteiger partial charge is 0.493 e. The third-order valence-electron chi connectivity index (χ3n) is 5.40. The van der Waals surface area contributed by atoms with Crippen molar-refractivity contribution in [2.75, 3.05) is 19.8 Å². The van der Waals surface area contributed by atoms with Crippen molar-refractivity contribution in [2.24, 2.45) is 5.73 Å². The van der Waals surface area contributed by atoms with Crippen molar-refractivity contribution < 1.29 is 32.1 Å². The summed E-state index contributed by atoms with van der Waals surface area (Å²) in [5.74, 6) is -0.210. The SMILES string of the molecule is NC(CO)(CCc1ccc(OCCCc2csc3ccccc23)c(C(F)(F)F)c1)CO[PH+]=O. The molecule has 1 aromatic heterocycles. The molecule has 0 bridgehead atoms. The summed E-state index contributed by atoms with van der Waals surface area (Å²) in [7, 11) is -1.03. The van der Waals surface area contributed by atoms with Crippen LogP contribution < -0.4 is 10.5 Å². The maximum atomic E-state index is 13.6. The molecule has 0 radical (unpaired) electrons. The number of aliphatic hydroxyl groups is 1. The molecule has 2 atom stereocenters. The highest BCUT2D eigenvalue weighted by molar-refractivity contribution is 7.17. The first-order chi connectivity index (χ1) is 15.8. The van der Waals surface area contributed by atoms with Gasteiger partial charge in [-0.2, -0.15) is 13.2 Å². The quantitative estimate of drug-likeness (QED) is 0.253. The van der Waals surface area contributed by atoms with Gasteiger partial charge in [0.1, 0.15) is 12.4 Å². The second-order valence-corrected chi connectivity index (χ2v) is 9.30. The minimum Gasteiger partial charge on any atom is -0.493 e. The predicted molar refractivity (Wildman–Crippen MR) is 124 cm³/mol. The number of hydrogen-bond acceptors (Lipinski definition) is 6. The van der Waals surface area contributed by atoms with Crippen molar-refractivity contribution in [3.63, 3.8) is 0 Å². The monoisotopic (exact) mass is 500 g/mol. The van der Waals surface area contributed by atoms with Gasteiger partial charge in [0, 0.05) is 4.70 Å². The molecule has 0 spiro atoms. The normalized spacial score (nSPS) is 14.0. The fourth-order valence-electron chi connectivity index (χ4n) is 3.51. The van der Waals surface area contributed by atoms with Gasteiger partial charge in [-0.25, -0.2) is 0 Å². The molecule has 0 aliphatic rings. The van der Waals surface area contributed by atoms with E-state index in [1.165, 1.54) is 21.7 Å². The highest BCUT2D eigenvalue weighted by Gasteiger charge is 2.35. The van der Waals surface area contributed by atoms with Crippen LogP contribution in [0.25, 0.3) is 10.1 Å². The van der Waals surface area contributed by atoms with Crippen LogP contribution in [0, 0.1) is 0 Å². The lowest BCUT2D eigenvalue weighted by Gasteiger charge is -2.24. The highest BCUT2D eigenvalue weighted by atomic mass is 32.1. The van der Waals surface area contributed by atoms with E-state index >= 15 is 0 Å². The van der Waals surface area contributed by atoms with Gasteiger partial charge in [0.05, 0.1) is 24.3 Å². The number of nitrogens with two attached hydrogens (primary N) is 1. The first-order valence-electron chi connectivity index (χ1n) is 10.4. The number of hydrogen-bond donors (Lipinski definition) is 2. The van der Waals surface area contributed by atoms with Gasteiger partial charge < -0.3 is 15.6 Å². The first-order valence-corrected chi connectivity index (χ1v) is 12.1. The van der Waals surface area contributed by atoms with Crippen LogP contribution in [-0.2, 0) is 28.1 Å². The van der Waals surface area contributed by atoms with Gasteiger partial charge in [0.15, 0.2) is 0 Å². The van der Waals surface area contributed by atoms with Crippen molar-refractivity contribution in [1.82, 2.24) is 0 Å². The standard InChI is InChI=1S/C23H26F3NO4PS/c24-23(25,26)19-12-16(9-10-22(27,14-28)15-31-32-29)7-8-20(19)30-11-3-4-17-13-33-21-6-2-1-5-18(17)21/h1-2,5-8,12-13,28,32H,3-4,9-11,14-15,27H2/q+1. The summed E-state index contributed by atoms with van der Waals surface area (Å²) >= 11 is 1.65. The lowest BCUT2D eigenvalue weighted by molar-refractivity contribution is -0.139. The van der Waals surface area contributed by atoms with E-state index in [4.69, 9.17) is 15.0 Å². The molecule has 0 amide bonds. The summed E-state index contributed by atoms with van der Waals surface area (Å²) in [6.07, 6.45) is -2.91. The Labute approximate surface area is 195 Å². The average Bonchev–Trinajstić information content (AvgIpc) is 3.22. The summed E-state index contributed by atoms with van der Waals surface area (Å²) in [6.45, 7) is -0.432. The van der Waals surface area contributed by atoms with Gasteiger partial charge in [-0.3, -0.25) is 0 Å². The summed E-state index contributed by atoms with van der Waals surface area (Å²) in [6, 6.07) is 12.0. The summed E-state index contributed by atoms with van der Waals surface area (Å²) in [4.78, 5) is 0. The largest absolute Gasteiger partial charge is 0.494 e. The fourth-order valence-corrected chi connectivity index (χ4v) is 4.86. The van der Waals surface area contributed by atoms with E-state index < -0.39 is 32.6 Å². The van der Waals surface area contributed by atoms with Crippen LogP contribution in [0.15, 0.2) is 47.8 Å². The van der Waals surface area contributed by atoms with Gasteiger partial charge in [0.25, 0.3) is 0 Å². The number of halogens is 3. The van der Waals surface area contributed by atoms with Crippen molar-refractivity contribution in [2.45, 2.75) is 37.4 Å². The van der Waals surface area contributed by atoms with Crippen molar-refractivity contribution in [3.8, 4) is 5.75 Å². The minimum atomic E-state index is -4.57. The lowest BCUT2D eigenvalue weighted by Crippen LogP contribution is -2.47. The third-order valence-corrected chi connectivity index (χ3v) is 6.68. The number of rotatable bonds is 12. The van der Waals surface area contributed by atoms with Crippen LogP contribution in [-0.4, -0.2) is 30.5 Å². The summed E-state index contributed by atoms with van der Waals surface area (Å²) in [5.41, 5.74) is 5.54. The van der Waals surface area contributed by atoms with Gasteiger partial charge in [-0.1, -0.05) is 24.3 Å². The second kappa shape index (κ2) is 11.4. The molecule has 3 aromatic rings. The maximum Gasteiger partial charge on any atom is 0.494 e. The molecule has 0 fully saturated rings. The Kier molecular flexibility index (Phi) is 8.84. The molecule has 0 saturated carbocycles. The number of aryl methyl sites for hydroxylation is 2. The minimum absolute atomic E-state index is 0.155. The molecule has 0 aliphatic carbocycles. The number of fused-ring (bicyclic) bond motifs is 1. The number of alkyl halides is 3. The zero-order chi connectivity index (χ0) is 23.9. The molecule has 2 aromatic carbocycles. The van der Waals surface area contributed by atoms with Crippen LogP contribution in [0.3, 0.4) is 0 Å². The van der Waals surface area contributed by atoms with Crippen molar-refractivity contribution >= 4 is 30.1 Å². The van der Waals surface area contributed by atoms with E-state index in [0.717, 1.165) is 12.5 Å². The second-order valence-electron chi connectivity index (χ2n) is 7.93. The van der Waals surface area contributed by atoms with Crippen molar-refractivity contribution in [3.05, 3.63) is 64.5 Å². The Hall–Kier alpha value is -2.03. The number of benzene rings is 2. The van der Waals surface area contributed by atoms with E-state index in [1.54, 1.807) is 17.4 Å². The summed E-state index contributed by atoms with van der Waals surface area (Å²) in [5, 5.41) is 12.7. The number of thiophene rings is 1. The van der Waals surface area contributed by atoms with Crippen LogP contribution >= 0.6 is 20.0 Å². The van der Waals surface area contributed by atoms with E-state index in [1.807, 2.05) is 24.3 Å². The Morgan fingerprint density at radius 2 is 1.91 bits per heavy atom. The van der Waals surface area contributed by atoms with Crippen LogP contribution in [0.5, 0.6) is 5.75 Å². The topological polar surface area (TPSA) is 81.8 Å².